The van der Waals surface area contributed by atoms with Gasteiger partial charge in [-0.05, 0) is 19.2 Å². The zero-order chi connectivity index (χ0) is 15.2. The largest absolute Gasteiger partial charge is 0.390 e. The van der Waals surface area contributed by atoms with Crippen molar-refractivity contribution in [1.29, 1.82) is 0 Å². The van der Waals surface area contributed by atoms with Crippen molar-refractivity contribution in [3.05, 3.63) is 35.1 Å². The van der Waals surface area contributed by atoms with Crippen molar-refractivity contribution in [3.8, 4) is 11.8 Å². The van der Waals surface area contributed by atoms with Gasteiger partial charge in [-0.1, -0.05) is 17.9 Å². The van der Waals surface area contributed by atoms with Crippen molar-refractivity contribution in [2.45, 2.75) is 19.1 Å². The van der Waals surface area contributed by atoms with Crippen molar-refractivity contribution >= 4 is 0 Å². The van der Waals surface area contributed by atoms with E-state index in [0.29, 0.717) is 11.1 Å². The number of hydrogen-bond acceptors (Lipinski definition) is 2. The minimum atomic E-state index is -4.20. The molecule has 1 aromatic carbocycles. The molecule has 0 amide bonds. The van der Waals surface area contributed by atoms with Gasteiger partial charge in [0, 0.05) is 24.2 Å². The smallest absolute Gasteiger partial charge is 0.320 e. The number of alkyl halides is 3. The van der Waals surface area contributed by atoms with E-state index in [-0.39, 0.29) is 19.6 Å². The van der Waals surface area contributed by atoms with Crippen LogP contribution in [0.1, 0.15) is 17.5 Å². The Balaban J connectivity index is 2.64. The van der Waals surface area contributed by atoms with Crippen LogP contribution in [0.25, 0.3) is 0 Å². The predicted molar refractivity (Wildman–Crippen MR) is 69.3 cm³/mol. The van der Waals surface area contributed by atoms with Gasteiger partial charge in [0.25, 0.3) is 0 Å². The second-order valence-electron chi connectivity index (χ2n) is 4.42. The normalized spacial score (nSPS) is 11.3. The number of rotatable bonds is 4. The lowest BCUT2D eigenvalue weighted by Gasteiger charge is -2.18. The Bertz CT molecular complexity index is 500. The minimum absolute atomic E-state index is 0.118. The summed E-state index contributed by atoms with van der Waals surface area (Å²) in [5, 5.41) is 0. The van der Waals surface area contributed by atoms with Gasteiger partial charge >= 0.3 is 6.18 Å². The maximum atomic E-state index is 13.8. The summed E-state index contributed by atoms with van der Waals surface area (Å²) in [6.45, 7) is 0.133. The van der Waals surface area contributed by atoms with Crippen LogP contribution in [0.3, 0.4) is 0 Å². The van der Waals surface area contributed by atoms with Gasteiger partial charge in [-0.2, -0.15) is 13.2 Å². The van der Waals surface area contributed by atoms with Gasteiger partial charge in [0.1, 0.15) is 5.82 Å². The van der Waals surface area contributed by atoms with Crippen LogP contribution in [0.5, 0.6) is 0 Å². The van der Waals surface area contributed by atoms with Gasteiger partial charge in [-0.25, -0.2) is 4.39 Å². The van der Waals surface area contributed by atoms with Crippen LogP contribution >= 0.6 is 0 Å². The number of benzene rings is 1. The Morgan fingerprint density at radius 1 is 1.30 bits per heavy atom. The summed E-state index contributed by atoms with van der Waals surface area (Å²) in [7, 11) is 1.52. The zero-order valence-electron chi connectivity index (χ0n) is 11.1. The second kappa shape index (κ2) is 7.27. The highest BCUT2D eigenvalue weighted by Crippen LogP contribution is 2.20. The highest BCUT2D eigenvalue weighted by atomic mass is 19.4. The van der Waals surface area contributed by atoms with Crippen LogP contribution in [0, 0.1) is 17.7 Å². The average Bonchev–Trinajstić information content (AvgIpc) is 2.36. The monoisotopic (exact) mass is 288 g/mol. The minimum Gasteiger partial charge on any atom is -0.320 e. The molecule has 0 heterocycles. The van der Waals surface area contributed by atoms with Crippen molar-refractivity contribution < 1.29 is 17.6 Å². The Hall–Kier alpha value is -1.58. The molecule has 0 atom stereocenters. The fourth-order valence-corrected chi connectivity index (χ4v) is 1.59. The molecule has 0 unspecified atom stereocenters. The molecule has 0 saturated carbocycles. The standard InChI is InChI=1S/C14H16F4N2/c1-20(8-6-14(16,17)18)10-12-5-4-11(3-2-7-19)9-13(12)15/h4-5,9H,6-8,10,19H2,1H3. The molecule has 0 bridgehead atoms. The Morgan fingerprint density at radius 2 is 2.00 bits per heavy atom. The van der Waals surface area contributed by atoms with E-state index in [1.165, 1.54) is 24.1 Å². The lowest BCUT2D eigenvalue weighted by Crippen LogP contribution is -2.24. The van der Waals surface area contributed by atoms with Crippen LogP contribution in [-0.4, -0.2) is 31.2 Å². The zero-order valence-corrected chi connectivity index (χ0v) is 11.1. The topological polar surface area (TPSA) is 29.3 Å². The van der Waals surface area contributed by atoms with Gasteiger partial charge < -0.3 is 10.6 Å². The van der Waals surface area contributed by atoms with E-state index < -0.39 is 18.4 Å². The summed E-state index contributed by atoms with van der Waals surface area (Å²) in [5.41, 5.74) is 6.05. The molecule has 1 rings (SSSR count). The SMILES string of the molecule is CN(CCC(F)(F)F)Cc1ccc(C#CCN)cc1F. The third-order valence-electron chi connectivity index (χ3n) is 2.61. The van der Waals surface area contributed by atoms with E-state index in [2.05, 4.69) is 11.8 Å². The Labute approximate surface area is 115 Å². The van der Waals surface area contributed by atoms with Crippen LogP contribution in [0.2, 0.25) is 0 Å². The first-order valence-electron chi connectivity index (χ1n) is 6.04. The lowest BCUT2D eigenvalue weighted by atomic mass is 10.1. The molecule has 0 saturated heterocycles. The lowest BCUT2D eigenvalue weighted by molar-refractivity contribution is -0.137. The quantitative estimate of drug-likeness (QED) is 0.681. The van der Waals surface area contributed by atoms with Crippen LogP contribution in [0.15, 0.2) is 18.2 Å². The summed E-state index contributed by atoms with van der Waals surface area (Å²) >= 11 is 0. The van der Waals surface area contributed by atoms with Gasteiger partial charge in [0.2, 0.25) is 0 Å². The van der Waals surface area contributed by atoms with E-state index >= 15 is 0 Å². The molecule has 0 aliphatic carbocycles. The highest BCUT2D eigenvalue weighted by molar-refractivity contribution is 5.37. The maximum absolute atomic E-state index is 13.8. The third kappa shape index (κ3) is 6.04. The van der Waals surface area contributed by atoms with E-state index in [1.807, 2.05) is 0 Å². The average molecular weight is 288 g/mol. The molecule has 20 heavy (non-hydrogen) atoms. The first-order chi connectivity index (χ1) is 9.31. The van der Waals surface area contributed by atoms with Gasteiger partial charge in [0.15, 0.2) is 0 Å². The molecule has 1 aromatic rings. The van der Waals surface area contributed by atoms with E-state index in [0.717, 1.165) is 0 Å². The van der Waals surface area contributed by atoms with E-state index in [4.69, 9.17) is 5.73 Å². The molecule has 0 fully saturated rings. The van der Waals surface area contributed by atoms with E-state index in [1.54, 1.807) is 6.07 Å². The van der Waals surface area contributed by atoms with Crippen molar-refractivity contribution in [1.82, 2.24) is 4.90 Å². The van der Waals surface area contributed by atoms with Gasteiger partial charge in [0.05, 0.1) is 13.0 Å². The van der Waals surface area contributed by atoms with Crippen LogP contribution in [0.4, 0.5) is 17.6 Å². The molecule has 0 aromatic heterocycles. The summed E-state index contributed by atoms with van der Waals surface area (Å²) in [4.78, 5) is 1.43. The molecule has 0 aliphatic heterocycles. The number of nitrogens with zero attached hydrogens (tertiary/aromatic N) is 1. The summed E-state index contributed by atoms with van der Waals surface area (Å²) in [6, 6.07) is 4.41. The van der Waals surface area contributed by atoms with Crippen LogP contribution < -0.4 is 5.73 Å². The number of hydrogen-bond donors (Lipinski definition) is 1. The molecule has 2 nitrogen and oxygen atoms in total. The summed E-state index contributed by atoms with van der Waals surface area (Å²) in [5.74, 6) is 4.82. The first-order valence-corrected chi connectivity index (χ1v) is 6.04. The molecule has 0 spiro atoms. The predicted octanol–water partition coefficient (Wildman–Crippen LogP) is 2.52. The Kier molecular flexibility index (Phi) is 5.99. The highest BCUT2D eigenvalue weighted by Gasteiger charge is 2.27. The summed E-state index contributed by atoms with van der Waals surface area (Å²) < 4.78 is 50.0. The molecule has 0 radical (unpaired) electrons. The van der Waals surface area contributed by atoms with Crippen molar-refractivity contribution in [3.63, 3.8) is 0 Å². The van der Waals surface area contributed by atoms with Crippen molar-refractivity contribution in [2.75, 3.05) is 20.1 Å². The summed E-state index contributed by atoms with van der Waals surface area (Å²) in [6.07, 6.45) is -5.11. The molecule has 6 heteroatoms. The fourth-order valence-electron chi connectivity index (χ4n) is 1.59. The second-order valence-corrected chi connectivity index (χ2v) is 4.42. The van der Waals surface area contributed by atoms with Crippen molar-refractivity contribution in [2.24, 2.45) is 5.73 Å². The van der Waals surface area contributed by atoms with Gasteiger partial charge in [-0.15, -0.1) is 0 Å². The first kappa shape index (κ1) is 16.5. The maximum Gasteiger partial charge on any atom is 0.390 e. The molecule has 2 N–H and O–H groups in total. The van der Waals surface area contributed by atoms with E-state index in [9.17, 15) is 17.6 Å². The third-order valence-corrected chi connectivity index (χ3v) is 2.61. The van der Waals surface area contributed by atoms with Gasteiger partial charge in [-0.3, -0.25) is 0 Å². The molecular formula is C14H16F4N2. The van der Waals surface area contributed by atoms with Crippen LogP contribution in [-0.2, 0) is 6.54 Å². The number of halogens is 4. The number of nitrogens with two attached hydrogens (primary N) is 1. The molecule has 0 aliphatic rings. The fraction of sp³-hybridized carbons (Fsp3) is 0.429. The Morgan fingerprint density at radius 3 is 2.55 bits per heavy atom. The molecular weight excluding hydrogens is 272 g/mol. The molecule has 110 valence electrons.